The SMILES string of the molecule is CCCc1ccc(O[C@H]2C[C@@H](C(=O)O)N(C(=O)OC(C)(C)C)C2)c(OC)c1. The molecule has 1 aliphatic heterocycles. The average molecular weight is 379 g/mol. The first-order chi connectivity index (χ1) is 12.6. The van der Waals surface area contributed by atoms with E-state index < -0.39 is 29.8 Å². The molecule has 2 atom stereocenters. The number of carbonyl (C=O) groups is 2. The molecule has 1 heterocycles. The van der Waals surface area contributed by atoms with Crippen LogP contribution in [0.25, 0.3) is 0 Å². The largest absolute Gasteiger partial charge is 0.493 e. The van der Waals surface area contributed by atoms with Crippen LogP contribution in [0, 0.1) is 0 Å². The first kappa shape index (κ1) is 20.9. The maximum atomic E-state index is 12.4. The lowest BCUT2D eigenvalue weighted by Gasteiger charge is -2.26. The molecule has 2 rings (SSSR count). The molecule has 0 spiro atoms. The molecule has 27 heavy (non-hydrogen) atoms. The molecular weight excluding hydrogens is 350 g/mol. The van der Waals surface area contributed by atoms with Gasteiger partial charge in [0.1, 0.15) is 17.7 Å². The highest BCUT2D eigenvalue weighted by molar-refractivity contribution is 5.81. The quantitative estimate of drug-likeness (QED) is 0.814. The van der Waals surface area contributed by atoms with Crippen molar-refractivity contribution in [1.29, 1.82) is 0 Å². The van der Waals surface area contributed by atoms with Crippen molar-refractivity contribution < 1.29 is 28.9 Å². The fraction of sp³-hybridized carbons (Fsp3) is 0.600. The fourth-order valence-electron chi connectivity index (χ4n) is 3.07. The molecule has 1 aromatic rings. The smallest absolute Gasteiger partial charge is 0.411 e. The number of hydrogen-bond acceptors (Lipinski definition) is 5. The van der Waals surface area contributed by atoms with Crippen LogP contribution in [-0.4, -0.2) is 53.5 Å². The topological polar surface area (TPSA) is 85.3 Å². The van der Waals surface area contributed by atoms with E-state index in [1.54, 1.807) is 27.9 Å². The van der Waals surface area contributed by atoms with E-state index in [1.807, 2.05) is 18.2 Å². The Bertz CT molecular complexity index is 682. The first-order valence-corrected chi connectivity index (χ1v) is 9.20. The third-order valence-electron chi connectivity index (χ3n) is 4.24. The van der Waals surface area contributed by atoms with Gasteiger partial charge in [0.05, 0.1) is 13.7 Å². The Labute approximate surface area is 160 Å². The normalized spacial score (nSPS) is 19.7. The Morgan fingerprint density at radius 2 is 1.96 bits per heavy atom. The molecule has 0 radical (unpaired) electrons. The van der Waals surface area contributed by atoms with E-state index >= 15 is 0 Å². The number of ether oxygens (including phenoxy) is 3. The van der Waals surface area contributed by atoms with Crippen LogP contribution in [0.3, 0.4) is 0 Å². The van der Waals surface area contributed by atoms with Gasteiger partial charge in [-0.05, 0) is 44.9 Å². The van der Waals surface area contributed by atoms with E-state index in [0.717, 1.165) is 18.4 Å². The minimum atomic E-state index is -1.07. The Balaban J connectivity index is 2.14. The van der Waals surface area contributed by atoms with Crippen molar-refractivity contribution in [2.75, 3.05) is 13.7 Å². The summed E-state index contributed by atoms with van der Waals surface area (Å²) < 4.78 is 16.7. The van der Waals surface area contributed by atoms with Crippen molar-refractivity contribution in [3.05, 3.63) is 23.8 Å². The standard InChI is InChI=1S/C20H29NO6/c1-6-7-13-8-9-16(17(10-13)25-5)26-14-11-15(18(22)23)21(12-14)19(24)27-20(2,3)4/h8-10,14-15H,6-7,11-12H2,1-5H3,(H,22,23)/t14-,15-/m0/s1. The summed E-state index contributed by atoms with van der Waals surface area (Å²) in [5.41, 5.74) is 0.448. The van der Waals surface area contributed by atoms with E-state index in [1.165, 1.54) is 4.90 Å². The molecule has 1 aromatic carbocycles. The number of aliphatic carboxylic acids is 1. The number of likely N-dealkylation sites (tertiary alicyclic amines) is 1. The van der Waals surface area contributed by atoms with Crippen molar-refractivity contribution in [3.63, 3.8) is 0 Å². The van der Waals surface area contributed by atoms with Gasteiger partial charge in [-0.2, -0.15) is 0 Å². The van der Waals surface area contributed by atoms with Gasteiger partial charge in [-0.1, -0.05) is 19.4 Å². The second-order valence-electron chi connectivity index (χ2n) is 7.70. The molecule has 0 unspecified atom stereocenters. The molecule has 1 fully saturated rings. The van der Waals surface area contributed by atoms with Crippen LogP contribution >= 0.6 is 0 Å². The van der Waals surface area contributed by atoms with Crippen LogP contribution in [0.5, 0.6) is 11.5 Å². The molecule has 7 heteroatoms. The summed E-state index contributed by atoms with van der Waals surface area (Å²) in [4.78, 5) is 25.2. The fourth-order valence-corrected chi connectivity index (χ4v) is 3.07. The van der Waals surface area contributed by atoms with Gasteiger partial charge in [0.2, 0.25) is 0 Å². The highest BCUT2D eigenvalue weighted by Crippen LogP contribution is 2.32. The number of amides is 1. The summed E-state index contributed by atoms with van der Waals surface area (Å²) in [5.74, 6) is 0.0679. The summed E-state index contributed by atoms with van der Waals surface area (Å²) in [6.45, 7) is 7.48. The zero-order valence-corrected chi connectivity index (χ0v) is 16.7. The van der Waals surface area contributed by atoms with Crippen molar-refractivity contribution in [3.8, 4) is 11.5 Å². The second-order valence-corrected chi connectivity index (χ2v) is 7.70. The minimum Gasteiger partial charge on any atom is -0.493 e. The van der Waals surface area contributed by atoms with Gasteiger partial charge in [-0.3, -0.25) is 4.90 Å². The summed E-state index contributed by atoms with van der Waals surface area (Å²) >= 11 is 0. The summed E-state index contributed by atoms with van der Waals surface area (Å²) in [7, 11) is 1.57. The van der Waals surface area contributed by atoms with Crippen LogP contribution in [0.15, 0.2) is 18.2 Å². The molecule has 1 aliphatic rings. The van der Waals surface area contributed by atoms with Crippen molar-refractivity contribution in [2.24, 2.45) is 0 Å². The summed E-state index contributed by atoms with van der Waals surface area (Å²) in [6.07, 6.45) is 1.05. The zero-order valence-electron chi connectivity index (χ0n) is 16.7. The van der Waals surface area contributed by atoms with Crippen LogP contribution in [0.4, 0.5) is 4.79 Å². The van der Waals surface area contributed by atoms with Crippen LogP contribution in [-0.2, 0) is 16.0 Å². The number of nitrogens with zero attached hydrogens (tertiary/aromatic N) is 1. The van der Waals surface area contributed by atoms with Crippen LogP contribution in [0.1, 0.15) is 46.1 Å². The molecule has 0 aliphatic carbocycles. The predicted octanol–water partition coefficient (Wildman–Crippen LogP) is 3.49. The summed E-state index contributed by atoms with van der Waals surface area (Å²) in [6, 6.07) is 4.75. The van der Waals surface area contributed by atoms with E-state index in [0.29, 0.717) is 11.5 Å². The Hall–Kier alpha value is -2.44. The monoisotopic (exact) mass is 379 g/mol. The highest BCUT2D eigenvalue weighted by Gasteiger charge is 2.42. The Morgan fingerprint density at radius 3 is 2.52 bits per heavy atom. The number of rotatable bonds is 6. The van der Waals surface area contributed by atoms with Gasteiger partial charge in [-0.25, -0.2) is 9.59 Å². The minimum absolute atomic E-state index is 0.145. The Kier molecular flexibility index (Phi) is 6.57. The van der Waals surface area contributed by atoms with Crippen molar-refractivity contribution >= 4 is 12.1 Å². The summed E-state index contributed by atoms with van der Waals surface area (Å²) in [5, 5.41) is 9.48. The molecule has 0 aromatic heterocycles. The highest BCUT2D eigenvalue weighted by atomic mass is 16.6. The van der Waals surface area contributed by atoms with Crippen LogP contribution in [0.2, 0.25) is 0 Å². The zero-order chi connectivity index (χ0) is 20.2. The third-order valence-corrected chi connectivity index (χ3v) is 4.24. The molecule has 0 saturated carbocycles. The molecule has 1 saturated heterocycles. The van der Waals surface area contributed by atoms with Crippen LogP contribution < -0.4 is 9.47 Å². The lowest BCUT2D eigenvalue weighted by Crippen LogP contribution is -2.43. The van der Waals surface area contributed by atoms with E-state index in [9.17, 15) is 14.7 Å². The van der Waals surface area contributed by atoms with Gasteiger partial charge in [0.25, 0.3) is 0 Å². The molecule has 0 bridgehead atoms. The number of carboxylic acid groups (broad SMARTS) is 1. The number of carbonyl (C=O) groups excluding carboxylic acids is 1. The van der Waals surface area contributed by atoms with Gasteiger partial charge in [0, 0.05) is 6.42 Å². The van der Waals surface area contributed by atoms with E-state index in [2.05, 4.69) is 6.92 Å². The maximum Gasteiger partial charge on any atom is 0.411 e. The van der Waals surface area contributed by atoms with E-state index in [-0.39, 0.29) is 13.0 Å². The van der Waals surface area contributed by atoms with Gasteiger partial charge in [-0.15, -0.1) is 0 Å². The Morgan fingerprint density at radius 1 is 1.26 bits per heavy atom. The second kappa shape index (κ2) is 8.50. The lowest BCUT2D eigenvalue weighted by molar-refractivity contribution is -0.142. The predicted molar refractivity (Wildman–Crippen MR) is 100 cm³/mol. The number of aryl methyl sites for hydroxylation is 1. The number of hydrogen-bond donors (Lipinski definition) is 1. The molecule has 1 amide bonds. The lowest BCUT2D eigenvalue weighted by atomic mass is 10.1. The molecule has 7 nitrogen and oxygen atoms in total. The number of carboxylic acids is 1. The first-order valence-electron chi connectivity index (χ1n) is 9.20. The number of methoxy groups -OCH3 is 1. The van der Waals surface area contributed by atoms with Crippen molar-refractivity contribution in [2.45, 2.75) is 64.7 Å². The van der Waals surface area contributed by atoms with Gasteiger partial charge in [0.15, 0.2) is 11.5 Å². The molecular formula is C20H29NO6. The van der Waals surface area contributed by atoms with Gasteiger partial charge < -0.3 is 19.3 Å². The molecule has 1 N–H and O–H groups in total. The maximum absolute atomic E-state index is 12.4. The van der Waals surface area contributed by atoms with Crippen molar-refractivity contribution in [1.82, 2.24) is 4.90 Å². The average Bonchev–Trinajstić information content (AvgIpc) is 2.99. The third kappa shape index (κ3) is 5.52. The molecule has 150 valence electrons. The van der Waals surface area contributed by atoms with Gasteiger partial charge >= 0.3 is 12.1 Å². The van der Waals surface area contributed by atoms with E-state index in [4.69, 9.17) is 14.2 Å². The number of benzene rings is 1.